The van der Waals surface area contributed by atoms with Crippen molar-refractivity contribution in [1.82, 2.24) is 20.9 Å². The van der Waals surface area contributed by atoms with Gasteiger partial charge in [-0.1, -0.05) is 159 Å². The summed E-state index contributed by atoms with van der Waals surface area (Å²) >= 11 is 0. The third-order valence-corrected chi connectivity index (χ3v) is 24.3. The Morgan fingerprint density at radius 1 is 0.480 bits per heavy atom. The Morgan fingerprint density at radius 3 is 1.40 bits per heavy atom. The lowest BCUT2D eigenvalue weighted by Crippen LogP contribution is -2.63. The van der Waals surface area contributed by atoms with Gasteiger partial charge in [0.2, 0.25) is 23.6 Å². The van der Waals surface area contributed by atoms with Crippen LogP contribution in [0.25, 0.3) is 0 Å². The minimum absolute atomic E-state index is 0.00215. The van der Waals surface area contributed by atoms with Gasteiger partial charge in [0.05, 0.1) is 67.1 Å². The maximum absolute atomic E-state index is 13.9. The molecule has 0 bridgehead atoms. The molecule has 0 spiro atoms. The first-order chi connectivity index (χ1) is 60.3. The van der Waals surface area contributed by atoms with E-state index in [0.717, 1.165) is 137 Å². The van der Waals surface area contributed by atoms with E-state index in [1.165, 1.54) is 20.8 Å². The molecule has 704 valence electrons. The van der Waals surface area contributed by atoms with Gasteiger partial charge in [0, 0.05) is 166 Å². The van der Waals surface area contributed by atoms with E-state index in [9.17, 15) is 53.1 Å². The van der Waals surface area contributed by atoms with Gasteiger partial charge in [0.25, 0.3) is 0 Å². The lowest BCUT2D eigenvalue weighted by Gasteiger charge is -2.44. The van der Waals surface area contributed by atoms with Crippen molar-refractivity contribution in [3.63, 3.8) is 0 Å². The number of nitrogens with zero attached hydrogens (tertiary/aromatic N) is 1. The van der Waals surface area contributed by atoms with Crippen LogP contribution >= 0.6 is 0 Å². The molecular formula is C98H154N4O23. The first-order valence-electron chi connectivity index (χ1n) is 46.5. The number of hydrogen-bond donors (Lipinski definition) is 4. The van der Waals surface area contributed by atoms with Crippen molar-refractivity contribution < 1.29 is 110 Å². The van der Waals surface area contributed by atoms with Gasteiger partial charge >= 0.3 is 11.9 Å². The SMILES string of the molecule is CCOCCCC(=O)CCC(CCC(=O)CCCOCC)(CCC(=O)CCCOCCOCCOCCOC1O[C@H](COC(C)=O)[C@H](C)[C@H](OC(C)=O)[C@H]1NC(C)=O)NC(=O)CCC(=O)CCCCCCCCCCC(=O)NCCCCCCCCCCCC(=O)N1C[C@](C)(CO)[C@](C)(COC(c2ccccc2)(c2ccc(OC)cc2)c2ccc(OC)cc2)C1. The Bertz CT molecular complexity index is 3510. The number of hydrogen-bond acceptors (Lipinski definition) is 23. The van der Waals surface area contributed by atoms with Crippen molar-refractivity contribution in [3.05, 3.63) is 95.6 Å². The highest BCUT2D eigenvalue weighted by Crippen LogP contribution is 2.50. The van der Waals surface area contributed by atoms with Crippen LogP contribution in [0.5, 0.6) is 11.5 Å². The van der Waals surface area contributed by atoms with Crippen LogP contribution in [-0.4, -0.2) is 225 Å². The maximum atomic E-state index is 13.9. The Morgan fingerprint density at radius 2 is 0.920 bits per heavy atom. The van der Waals surface area contributed by atoms with Gasteiger partial charge in [-0.15, -0.1) is 0 Å². The number of aliphatic hydroxyl groups is 1. The Kier molecular flexibility index (Phi) is 53.3. The standard InChI is InChI=1S/C98H154N4O23/c1-11-116-61-33-39-83(108)54-57-97(58-55-84(109)40-34-62-117-12-2,59-56-85(110)41-35-63-118-64-65-119-66-67-120-68-69-121-94-92(100-76(4)104)93(124-78(6)106)75(3)88(125-94)70-122-77(5)105)101-90(112)53-48-82(107)38-29-22-18-15-16-19-23-30-42-89(111)99-60-32-25-21-17-13-14-20-24-31-43-91(113)102-71-95(7,73-103)96(8,72-102)74-123-98(79-36-27-26-28-37-79,80-44-49-86(114-9)50-45-80)81-46-51-87(115-10)52-47-81/h26-28,36-37,44-47,49-52,75,88,92-94,103H,11-25,29-35,38-43,48,53-74H2,1-10H3,(H,99,111)(H,100,104)(H,101,112)/t75-,88+,92+,93-,94?,95+,96-/m0/s1. The molecule has 5 rings (SSSR count). The van der Waals surface area contributed by atoms with E-state index >= 15 is 0 Å². The molecule has 7 atom stereocenters. The van der Waals surface area contributed by atoms with Crippen LogP contribution in [-0.2, 0) is 101 Å². The van der Waals surface area contributed by atoms with Crippen LogP contribution in [0.15, 0.2) is 78.9 Å². The molecule has 125 heavy (non-hydrogen) atoms. The molecule has 3 aromatic rings. The Hall–Kier alpha value is -7.60. The summed E-state index contributed by atoms with van der Waals surface area (Å²) in [4.78, 5) is 132. The van der Waals surface area contributed by atoms with Gasteiger partial charge < -0.3 is 82.8 Å². The molecule has 0 saturated carbocycles. The van der Waals surface area contributed by atoms with Gasteiger partial charge in [-0.05, 0) is 119 Å². The van der Waals surface area contributed by atoms with E-state index in [1.54, 1.807) is 21.1 Å². The number of unbranched alkanes of at least 4 members (excludes halogenated alkanes) is 15. The molecule has 0 aliphatic carbocycles. The average molecular weight is 1760 g/mol. The topological polar surface area (TPSA) is 341 Å². The van der Waals surface area contributed by atoms with E-state index in [4.69, 9.17) is 56.8 Å². The monoisotopic (exact) mass is 1760 g/mol. The van der Waals surface area contributed by atoms with E-state index in [-0.39, 0.29) is 164 Å². The zero-order valence-electron chi connectivity index (χ0n) is 77.3. The fourth-order valence-corrected chi connectivity index (χ4v) is 16.4. The van der Waals surface area contributed by atoms with Crippen molar-refractivity contribution in [2.75, 3.05) is 126 Å². The van der Waals surface area contributed by atoms with Crippen LogP contribution < -0.4 is 25.4 Å². The van der Waals surface area contributed by atoms with Crippen molar-refractivity contribution in [2.24, 2.45) is 16.7 Å². The van der Waals surface area contributed by atoms with Crippen molar-refractivity contribution in [2.45, 2.75) is 309 Å². The van der Waals surface area contributed by atoms with Crippen molar-refractivity contribution in [3.8, 4) is 11.5 Å². The number of amides is 4. The lowest BCUT2D eigenvalue weighted by molar-refractivity contribution is -0.262. The number of carbonyl (C=O) groups excluding carboxylic acids is 10. The smallest absolute Gasteiger partial charge is 0.302 e. The predicted octanol–water partition coefficient (Wildman–Crippen LogP) is 14.9. The second-order valence-corrected chi connectivity index (χ2v) is 34.3. The largest absolute Gasteiger partial charge is 0.497 e. The number of ketones is 4. The van der Waals surface area contributed by atoms with E-state index in [2.05, 4.69) is 41.9 Å². The number of methoxy groups -OCH3 is 2. The van der Waals surface area contributed by atoms with Crippen LogP contribution in [0.4, 0.5) is 0 Å². The highest BCUT2D eigenvalue weighted by Gasteiger charge is 2.55. The third-order valence-electron chi connectivity index (χ3n) is 24.3. The third kappa shape index (κ3) is 41.2. The Labute approximate surface area is 745 Å². The molecule has 2 heterocycles. The minimum atomic E-state index is -1.04. The molecule has 4 amide bonds. The van der Waals surface area contributed by atoms with Gasteiger partial charge in [-0.3, -0.25) is 47.9 Å². The highest BCUT2D eigenvalue weighted by molar-refractivity contribution is 5.86. The van der Waals surface area contributed by atoms with Crippen LogP contribution in [0.2, 0.25) is 0 Å². The number of rotatable bonds is 73. The van der Waals surface area contributed by atoms with E-state index in [0.29, 0.717) is 104 Å². The summed E-state index contributed by atoms with van der Waals surface area (Å²) in [6.07, 6.45) is 19.4. The summed E-state index contributed by atoms with van der Waals surface area (Å²) in [5.74, 6) is -0.606. The fraction of sp³-hybridized carbons (Fsp3) is 0.714. The second-order valence-electron chi connectivity index (χ2n) is 34.3. The van der Waals surface area contributed by atoms with E-state index < -0.39 is 64.4 Å². The predicted molar refractivity (Wildman–Crippen MR) is 478 cm³/mol. The van der Waals surface area contributed by atoms with Gasteiger partial charge in [-0.2, -0.15) is 0 Å². The summed E-state index contributed by atoms with van der Waals surface area (Å²) in [6.45, 7) is 18.9. The first-order valence-corrected chi connectivity index (χ1v) is 46.5. The number of benzene rings is 3. The molecule has 3 aromatic carbocycles. The number of Topliss-reactive ketones (excluding diaryl/α,β-unsaturated/α-hetero) is 4. The van der Waals surface area contributed by atoms with Gasteiger partial charge in [-0.25, -0.2) is 0 Å². The molecule has 2 fully saturated rings. The fourth-order valence-electron chi connectivity index (χ4n) is 16.4. The summed E-state index contributed by atoms with van der Waals surface area (Å²) in [5.41, 5.74) is -0.453. The van der Waals surface area contributed by atoms with Crippen LogP contribution in [0.1, 0.15) is 290 Å². The number of carbonyl (C=O) groups is 10. The molecular weight excluding hydrogens is 1600 g/mol. The highest BCUT2D eigenvalue weighted by atomic mass is 16.7. The van der Waals surface area contributed by atoms with Gasteiger partial charge in [0.1, 0.15) is 65.1 Å². The molecule has 0 aromatic heterocycles. The molecule has 2 saturated heterocycles. The molecule has 27 heteroatoms. The van der Waals surface area contributed by atoms with Gasteiger partial charge in [0.15, 0.2) is 6.29 Å². The van der Waals surface area contributed by atoms with Crippen LogP contribution in [0.3, 0.4) is 0 Å². The van der Waals surface area contributed by atoms with Crippen molar-refractivity contribution in [1.29, 1.82) is 0 Å². The van der Waals surface area contributed by atoms with Crippen molar-refractivity contribution >= 4 is 58.7 Å². The number of nitrogens with one attached hydrogen (secondary N) is 3. The van der Waals surface area contributed by atoms with E-state index in [1.807, 2.05) is 85.5 Å². The second kappa shape index (κ2) is 61.8. The summed E-state index contributed by atoms with van der Waals surface area (Å²) < 4.78 is 69.3. The minimum Gasteiger partial charge on any atom is -0.497 e. The summed E-state index contributed by atoms with van der Waals surface area (Å²) in [6, 6.07) is 25.3. The average Bonchev–Trinajstić information content (AvgIpc) is 1.73. The molecule has 0 radical (unpaired) electrons. The zero-order valence-corrected chi connectivity index (χ0v) is 77.3. The first kappa shape index (κ1) is 108. The number of aliphatic hydroxyl groups excluding tert-OH is 1. The number of esters is 2. The Balaban J connectivity index is 0.917. The molecule has 27 nitrogen and oxygen atoms in total. The number of likely N-dealkylation sites (tertiary alicyclic amines) is 1. The molecule has 2 aliphatic heterocycles. The lowest BCUT2D eigenvalue weighted by atomic mass is 9.68. The van der Waals surface area contributed by atoms with Crippen LogP contribution in [0, 0.1) is 16.7 Å². The summed E-state index contributed by atoms with van der Waals surface area (Å²) in [7, 11) is 3.30. The normalized spacial score (nSPS) is 18.3. The number of ether oxygens (including phenoxy) is 12. The maximum Gasteiger partial charge on any atom is 0.302 e. The molecule has 4 N–H and O–H groups in total. The molecule has 1 unspecified atom stereocenters. The zero-order chi connectivity index (χ0) is 91.0. The molecule has 2 aliphatic rings. The quantitative estimate of drug-likeness (QED) is 0.0232. The summed E-state index contributed by atoms with van der Waals surface area (Å²) in [5, 5.41) is 20.1.